The van der Waals surface area contributed by atoms with Crippen LogP contribution in [0.1, 0.15) is 93.9 Å². The summed E-state index contributed by atoms with van der Waals surface area (Å²) in [6, 6.07) is 0. The fourth-order valence-corrected chi connectivity index (χ4v) is 12.9. The van der Waals surface area contributed by atoms with Gasteiger partial charge in [-0.15, -0.1) is 0 Å². The minimum absolute atomic E-state index is 0.0223. The Morgan fingerprint density at radius 2 is 0.917 bits per heavy atom. The molecule has 0 aromatic carbocycles. The van der Waals surface area contributed by atoms with Gasteiger partial charge >= 0.3 is 0 Å². The maximum absolute atomic E-state index is 12.3. The quantitative estimate of drug-likeness (QED) is 0.263. The Balaban J connectivity index is 0.000000201. The Bertz CT molecular complexity index is 749. The Morgan fingerprint density at radius 1 is 0.611 bits per heavy atom. The molecular formula is C30H48Br4O2. The molecule has 0 spiro atoms. The summed E-state index contributed by atoms with van der Waals surface area (Å²) >= 11 is 14.6. The third-order valence-electron chi connectivity index (χ3n) is 11.4. The van der Waals surface area contributed by atoms with E-state index in [9.17, 15) is 9.59 Å². The lowest BCUT2D eigenvalue weighted by Crippen LogP contribution is -2.56. The van der Waals surface area contributed by atoms with E-state index < -0.39 is 0 Å². The van der Waals surface area contributed by atoms with Crippen molar-refractivity contribution in [2.75, 3.05) is 0 Å². The highest BCUT2D eigenvalue weighted by Crippen LogP contribution is 2.59. The average molecular weight is 760 g/mol. The highest BCUT2D eigenvalue weighted by Gasteiger charge is 2.56. The van der Waals surface area contributed by atoms with Crippen LogP contribution in [0.4, 0.5) is 0 Å². The van der Waals surface area contributed by atoms with Gasteiger partial charge < -0.3 is 0 Å². The predicted octanol–water partition coefficient (Wildman–Crippen LogP) is 9.62. The summed E-state index contributed by atoms with van der Waals surface area (Å²) in [7, 11) is 0. The van der Waals surface area contributed by atoms with Crippen LogP contribution in [0.5, 0.6) is 0 Å². The van der Waals surface area contributed by atoms with Crippen LogP contribution in [0, 0.1) is 58.2 Å². The molecule has 0 radical (unpaired) electrons. The number of fused-ring (bicyclic) bond motifs is 2. The molecule has 0 amide bonds. The molecule has 12 atom stereocenters. The average Bonchev–Trinajstić information content (AvgIpc) is 2.83. The molecule has 0 saturated heterocycles. The summed E-state index contributed by atoms with van der Waals surface area (Å²) in [5.74, 6) is 5.78. The summed E-state index contributed by atoms with van der Waals surface area (Å²) in [6.45, 7) is 18.7. The molecule has 4 aliphatic carbocycles. The Labute approximate surface area is 254 Å². The van der Waals surface area contributed by atoms with Gasteiger partial charge in [-0.2, -0.15) is 0 Å². The number of Topliss-reactive ketones (excluding diaryl/α,β-unsaturated/α-hetero) is 2. The van der Waals surface area contributed by atoms with Gasteiger partial charge in [0.2, 0.25) is 0 Å². The fourth-order valence-electron chi connectivity index (χ4n) is 8.09. The van der Waals surface area contributed by atoms with Crippen molar-refractivity contribution in [3.05, 3.63) is 0 Å². The van der Waals surface area contributed by atoms with Gasteiger partial charge in [-0.05, 0) is 96.7 Å². The summed E-state index contributed by atoms with van der Waals surface area (Å²) in [5, 5.41) is 0. The first-order chi connectivity index (χ1) is 16.6. The maximum Gasteiger partial charge on any atom is 0.160 e. The Morgan fingerprint density at radius 3 is 1.19 bits per heavy atom. The van der Waals surface area contributed by atoms with Crippen molar-refractivity contribution in [1.82, 2.24) is 0 Å². The minimum atomic E-state index is 0.0223. The van der Waals surface area contributed by atoms with Gasteiger partial charge in [0.1, 0.15) is 0 Å². The first-order valence-corrected chi connectivity index (χ1v) is 17.9. The lowest BCUT2D eigenvalue weighted by molar-refractivity contribution is -0.129. The molecule has 0 bridgehead atoms. The maximum atomic E-state index is 12.3. The fraction of sp³-hybridized carbons (Fsp3) is 0.933. The Hall–Kier alpha value is 1.26. The summed E-state index contributed by atoms with van der Waals surface area (Å²) in [4.78, 5) is 24.7. The van der Waals surface area contributed by atoms with Gasteiger partial charge in [0.05, 0.1) is 19.3 Å². The molecule has 4 rings (SSSR count). The van der Waals surface area contributed by atoms with E-state index in [1.807, 2.05) is 0 Å². The summed E-state index contributed by atoms with van der Waals surface area (Å²) in [5.41, 5.74) is 0.590. The van der Waals surface area contributed by atoms with E-state index in [2.05, 4.69) is 119 Å². The molecule has 36 heavy (non-hydrogen) atoms. The van der Waals surface area contributed by atoms with Gasteiger partial charge in [0.25, 0.3) is 0 Å². The second-order valence-corrected chi connectivity index (χ2v) is 17.7. The zero-order valence-electron chi connectivity index (χ0n) is 23.5. The summed E-state index contributed by atoms with van der Waals surface area (Å²) < 4.78 is 0. The molecule has 2 nitrogen and oxygen atoms in total. The van der Waals surface area contributed by atoms with Crippen LogP contribution in [-0.4, -0.2) is 30.9 Å². The molecule has 4 saturated carbocycles. The van der Waals surface area contributed by atoms with Crippen LogP contribution in [-0.2, 0) is 9.59 Å². The zero-order valence-corrected chi connectivity index (χ0v) is 29.8. The predicted molar refractivity (Wildman–Crippen MR) is 167 cm³/mol. The highest BCUT2D eigenvalue weighted by molar-refractivity contribution is 9.11. The van der Waals surface area contributed by atoms with Crippen molar-refractivity contribution in [1.29, 1.82) is 0 Å². The van der Waals surface area contributed by atoms with Gasteiger partial charge in [0.15, 0.2) is 11.6 Å². The van der Waals surface area contributed by atoms with Crippen LogP contribution in [0.3, 0.4) is 0 Å². The lowest BCUT2D eigenvalue weighted by Gasteiger charge is -2.55. The number of hydrogen-bond donors (Lipinski definition) is 0. The third kappa shape index (κ3) is 5.69. The number of halogens is 4. The SMILES string of the molecule is CC(C)[C@@H]1CC[C@H]2[C@H](Br)C(=O)[C@H](Br)[C@@H](C)[C@]2(C)C1.CC(C)[C@@H]1CC[C@H]2[C@H](Br)C(=O)[C@H](Br)[C@@H](C)[C@]2(C)C1. The van der Waals surface area contributed by atoms with Crippen LogP contribution in [0.15, 0.2) is 0 Å². The standard InChI is InChI=1S/2C15H24Br2O/c2*1-8(2)10-5-6-11-13(17)14(18)12(16)9(3)15(11,4)7-10/h2*8-13H,5-7H2,1-4H3/t2*9-,10-,11+,12-,13+,15+/m11/s1. The number of rotatable bonds is 2. The molecule has 6 heteroatoms. The van der Waals surface area contributed by atoms with Gasteiger partial charge in [0, 0.05) is 0 Å². The van der Waals surface area contributed by atoms with Crippen molar-refractivity contribution in [2.24, 2.45) is 58.2 Å². The van der Waals surface area contributed by atoms with Gasteiger partial charge in [-0.3, -0.25) is 9.59 Å². The molecule has 0 aromatic heterocycles. The lowest BCUT2D eigenvalue weighted by atomic mass is 9.52. The van der Waals surface area contributed by atoms with Crippen molar-refractivity contribution in [3.63, 3.8) is 0 Å². The van der Waals surface area contributed by atoms with E-state index in [1.165, 1.54) is 38.5 Å². The molecular weight excluding hydrogens is 712 g/mol. The van der Waals surface area contributed by atoms with Crippen molar-refractivity contribution < 1.29 is 9.59 Å². The smallest absolute Gasteiger partial charge is 0.160 e. The van der Waals surface area contributed by atoms with Gasteiger partial charge in [-0.1, -0.05) is 119 Å². The van der Waals surface area contributed by atoms with Gasteiger partial charge in [-0.25, -0.2) is 0 Å². The largest absolute Gasteiger partial charge is 0.297 e. The van der Waals surface area contributed by atoms with E-state index in [0.717, 1.165) is 23.7 Å². The Kier molecular flexibility index (Phi) is 10.6. The molecule has 0 unspecified atom stereocenters. The van der Waals surface area contributed by atoms with Crippen LogP contribution in [0.25, 0.3) is 0 Å². The van der Waals surface area contributed by atoms with E-state index in [0.29, 0.717) is 46.1 Å². The van der Waals surface area contributed by atoms with E-state index in [-0.39, 0.29) is 19.3 Å². The molecule has 0 aliphatic heterocycles. The van der Waals surface area contributed by atoms with Crippen LogP contribution >= 0.6 is 63.7 Å². The second kappa shape index (κ2) is 12.0. The first kappa shape index (κ1) is 31.8. The van der Waals surface area contributed by atoms with Crippen LogP contribution in [0.2, 0.25) is 0 Å². The van der Waals surface area contributed by atoms with Crippen molar-refractivity contribution >= 4 is 75.3 Å². The molecule has 208 valence electrons. The van der Waals surface area contributed by atoms with Crippen LogP contribution < -0.4 is 0 Å². The number of hydrogen-bond acceptors (Lipinski definition) is 2. The third-order valence-corrected chi connectivity index (χ3v) is 16.1. The van der Waals surface area contributed by atoms with Crippen molar-refractivity contribution in [2.45, 2.75) is 113 Å². The van der Waals surface area contributed by atoms with E-state index in [1.54, 1.807) is 0 Å². The number of carbonyl (C=O) groups excluding carboxylic acids is 2. The minimum Gasteiger partial charge on any atom is -0.297 e. The number of ketones is 2. The molecule has 0 heterocycles. The first-order valence-electron chi connectivity index (χ1n) is 14.2. The zero-order chi connectivity index (χ0) is 27.3. The summed E-state index contributed by atoms with van der Waals surface area (Å²) in [6.07, 6.45) is 7.51. The highest BCUT2D eigenvalue weighted by atomic mass is 79.9. The number of alkyl halides is 4. The molecule has 0 aromatic rings. The molecule has 4 aliphatic rings. The normalized spacial score (nSPS) is 49.3. The molecule has 4 fully saturated rings. The second-order valence-electron chi connectivity index (χ2n) is 13.8. The number of carbonyl (C=O) groups is 2. The van der Waals surface area contributed by atoms with Crippen molar-refractivity contribution in [3.8, 4) is 0 Å². The van der Waals surface area contributed by atoms with E-state index in [4.69, 9.17) is 0 Å². The monoisotopic (exact) mass is 756 g/mol. The topological polar surface area (TPSA) is 34.1 Å². The van der Waals surface area contributed by atoms with E-state index >= 15 is 0 Å². The molecule has 0 N–H and O–H groups in total.